The van der Waals surface area contributed by atoms with Crippen molar-refractivity contribution in [2.45, 2.75) is 13.5 Å². The van der Waals surface area contributed by atoms with Gasteiger partial charge in [-0.25, -0.2) is 8.78 Å². The highest BCUT2D eigenvalue weighted by Crippen LogP contribution is 2.21. The van der Waals surface area contributed by atoms with Gasteiger partial charge in [-0.15, -0.1) is 0 Å². The van der Waals surface area contributed by atoms with Crippen molar-refractivity contribution in [1.82, 2.24) is 4.98 Å². The monoisotopic (exact) mass is 222 g/mol. The molecule has 0 atom stereocenters. The molecule has 0 amide bonds. The van der Waals surface area contributed by atoms with Gasteiger partial charge >= 0.3 is 0 Å². The number of benzene rings is 1. The first-order valence-electron chi connectivity index (χ1n) is 4.99. The Kier molecular flexibility index (Phi) is 2.90. The summed E-state index contributed by atoms with van der Waals surface area (Å²) in [6.07, 6.45) is 1.76. The normalized spacial score (nSPS) is 10.4. The zero-order valence-electron chi connectivity index (χ0n) is 8.85. The van der Waals surface area contributed by atoms with E-state index in [1.807, 2.05) is 12.1 Å². The zero-order valence-corrected chi connectivity index (χ0v) is 8.85. The molecule has 4 heteroatoms. The number of anilines is 1. The number of hydrogen-bond acceptors (Lipinski definition) is 1. The quantitative estimate of drug-likeness (QED) is 0.820. The third-order valence-electron chi connectivity index (χ3n) is 2.40. The van der Waals surface area contributed by atoms with Gasteiger partial charge in [0, 0.05) is 11.9 Å². The molecule has 1 aromatic carbocycles. The lowest BCUT2D eigenvalue weighted by molar-refractivity contribution is 0.582. The van der Waals surface area contributed by atoms with E-state index in [1.54, 1.807) is 13.1 Å². The van der Waals surface area contributed by atoms with Gasteiger partial charge in [-0.05, 0) is 30.7 Å². The lowest BCUT2D eigenvalue weighted by atomic mass is 10.2. The Labute approximate surface area is 92.3 Å². The van der Waals surface area contributed by atoms with Crippen LogP contribution < -0.4 is 5.32 Å². The van der Waals surface area contributed by atoms with Crippen LogP contribution in [0.2, 0.25) is 0 Å². The number of H-pyrrole nitrogens is 1. The van der Waals surface area contributed by atoms with Crippen molar-refractivity contribution in [3.8, 4) is 0 Å². The van der Waals surface area contributed by atoms with E-state index in [0.717, 1.165) is 5.69 Å². The minimum atomic E-state index is -0.574. The largest absolute Gasteiger partial charge is 0.375 e. The van der Waals surface area contributed by atoms with Gasteiger partial charge in [0.2, 0.25) is 0 Å². The number of aromatic nitrogens is 1. The molecule has 2 N–H and O–H groups in total. The van der Waals surface area contributed by atoms with Gasteiger partial charge < -0.3 is 10.3 Å². The Morgan fingerprint density at radius 3 is 2.75 bits per heavy atom. The summed E-state index contributed by atoms with van der Waals surface area (Å²) >= 11 is 0. The van der Waals surface area contributed by atoms with E-state index in [1.165, 1.54) is 12.1 Å². The molecule has 0 bridgehead atoms. The Morgan fingerprint density at radius 2 is 2.06 bits per heavy atom. The highest BCUT2D eigenvalue weighted by Gasteiger charge is 2.10. The summed E-state index contributed by atoms with van der Waals surface area (Å²) in [4.78, 5) is 2.95. The molecule has 2 aromatic rings. The van der Waals surface area contributed by atoms with Gasteiger partial charge in [-0.1, -0.05) is 6.07 Å². The van der Waals surface area contributed by atoms with E-state index in [4.69, 9.17) is 0 Å². The molecule has 1 aromatic heterocycles. The fraction of sp³-hybridized carbons (Fsp3) is 0.167. The first-order valence-corrected chi connectivity index (χ1v) is 4.99. The summed E-state index contributed by atoms with van der Waals surface area (Å²) in [6, 6.07) is 6.36. The number of rotatable bonds is 3. The smallest absolute Gasteiger partial charge is 0.152 e. The van der Waals surface area contributed by atoms with Crippen LogP contribution in [0.5, 0.6) is 0 Å². The maximum Gasteiger partial charge on any atom is 0.152 e. The van der Waals surface area contributed by atoms with Crippen LogP contribution in [0, 0.1) is 18.6 Å². The Balaban J connectivity index is 2.18. The summed E-state index contributed by atoms with van der Waals surface area (Å²) in [5, 5.41) is 2.74. The zero-order chi connectivity index (χ0) is 11.5. The molecule has 0 aliphatic rings. The first-order chi connectivity index (χ1) is 7.68. The molecule has 0 spiro atoms. The maximum absolute atomic E-state index is 13.6. The van der Waals surface area contributed by atoms with E-state index in [9.17, 15) is 8.78 Å². The molecule has 84 valence electrons. The van der Waals surface area contributed by atoms with E-state index in [2.05, 4.69) is 10.3 Å². The van der Waals surface area contributed by atoms with Crippen LogP contribution in [0.15, 0.2) is 30.5 Å². The third kappa shape index (κ3) is 2.05. The standard InChI is InChI=1S/C12H12F2N2/c1-8-4-5-10(13)12(11(8)14)16-7-9-3-2-6-15-9/h2-6,15-16H,7H2,1H3. The number of hydrogen-bond donors (Lipinski definition) is 2. The van der Waals surface area contributed by atoms with Gasteiger partial charge in [0.25, 0.3) is 0 Å². The average molecular weight is 222 g/mol. The molecule has 2 rings (SSSR count). The van der Waals surface area contributed by atoms with Crippen LogP contribution in [0.25, 0.3) is 0 Å². The van der Waals surface area contributed by atoms with Gasteiger partial charge in [-0.3, -0.25) is 0 Å². The first kappa shape index (κ1) is 10.7. The van der Waals surface area contributed by atoms with Gasteiger partial charge in [-0.2, -0.15) is 0 Å². The highest BCUT2D eigenvalue weighted by molar-refractivity contribution is 5.49. The number of nitrogens with one attached hydrogen (secondary N) is 2. The van der Waals surface area contributed by atoms with Gasteiger partial charge in [0.05, 0.1) is 6.54 Å². The maximum atomic E-state index is 13.6. The molecule has 2 nitrogen and oxygen atoms in total. The third-order valence-corrected chi connectivity index (χ3v) is 2.40. The molecule has 1 heterocycles. The van der Waals surface area contributed by atoms with Crippen LogP contribution in [0.4, 0.5) is 14.5 Å². The second kappa shape index (κ2) is 4.35. The van der Waals surface area contributed by atoms with Crippen LogP contribution in [-0.2, 0) is 6.54 Å². The van der Waals surface area contributed by atoms with Crippen molar-refractivity contribution in [2.75, 3.05) is 5.32 Å². The van der Waals surface area contributed by atoms with Crippen molar-refractivity contribution in [3.05, 3.63) is 53.4 Å². The van der Waals surface area contributed by atoms with Crippen LogP contribution in [0.3, 0.4) is 0 Å². The molecule has 0 radical (unpaired) electrons. The van der Waals surface area contributed by atoms with Crippen molar-refractivity contribution in [3.63, 3.8) is 0 Å². The molecular weight excluding hydrogens is 210 g/mol. The average Bonchev–Trinajstić information content (AvgIpc) is 2.77. The molecule has 0 aliphatic heterocycles. The fourth-order valence-corrected chi connectivity index (χ4v) is 1.48. The SMILES string of the molecule is Cc1ccc(F)c(NCc2ccc[nH]2)c1F. The number of aromatic amines is 1. The van der Waals surface area contributed by atoms with Crippen LogP contribution in [-0.4, -0.2) is 4.98 Å². The Morgan fingerprint density at radius 1 is 1.25 bits per heavy atom. The number of aryl methyl sites for hydroxylation is 1. The number of halogens is 2. The molecule has 16 heavy (non-hydrogen) atoms. The second-order valence-electron chi connectivity index (χ2n) is 3.60. The van der Waals surface area contributed by atoms with E-state index < -0.39 is 11.6 Å². The predicted octanol–water partition coefficient (Wildman–Crippen LogP) is 3.21. The summed E-state index contributed by atoms with van der Waals surface area (Å²) in [5.74, 6) is -1.11. The van der Waals surface area contributed by atoms with Crippen LogP contribution in [0.1, 0.15) is 11.3 Å². The van der Waals surface area contributed by atoms with Crippen molar-refractivity contribution >= 4 is 5.69 Å². The molecule has 0 unspecified atom stereocenters. The highest BCUT2D eigenvalue weighted by atomic mass is 19.1. The van der Waals surface area contributed by atoms with E-state index in [0.29, 0.717) is 12.1 Å². The summed E-state index contributed by atoms with van der Waals surface area (Å²) in [7, 11) is 0. The molecule has 0 aliphatic carbocycles. The Bertz CT molecular complexity index is 478. The van der Waals surface area contributed by atoms with Crippen molar-refractivity contribution in [2.24, 2.45) is 0 Å². The predicted molar refractivity (Wildman–Crippen MR) is 59.2 cm³/mol. The minimum absolute atomic E-state index is 0.0744. The minimum Gasteiger partial charge on any atom is -0.375 e. The Hall–Kier alpha value is -1.84. The van der Waals surface area contributed by atoms with Gasteiger partial charge in [0.1, 0.15) is 11.5 Å². The molecular formula is C12H12F2N2. The molecule has 0 saturated carbocycles. The summed E-state index contributed by atoms with van der Waals surface area (Å²) in [6.45, 7) is 1.97. The van der Waals surface area contributed by atoms with Gasteiger partial charge in [0.15, 0.2) is 5.82 Å². The summed E-state index contributed by atoms with van der Waals surface area (Å²) in [5.41, 5.74) is 1.23. The second-order valence-corrected chi connectivity index (χ2v) is 3.60. The van der Waals surface area contributed by atoms with E-state index >= 15 is 0 Å². The van der Waals surface area contributed by atoms with E-state index in [-0.39, 0.29) is 5.69 Å². The van der Waals surface area contributed by atoms with Crippen molar-refractivity contribution in [1.29, 1.82) is 0 Å². The molecule has 0 saturated heterocycles. The fourth-order valence-electron chi connectivity index (χ4n) is 1.48. The lowest BCUT2D eigenvalue weighted by Gasteiger charge is -2.09. The van der Waals surface area contributed by atoms with Crippen molar-refractivity contribution < 1.29 is 8.78 Å². The topological polar surface area (TPSA) is 27.8 Å². The lowest BCUT2D eigenvalue weighted by Crippen LogP contribution is -2.05. The summed E-state index contributed by atoms with van der Waals surface area (Å²) < 4.78 is 26.9. The molecule has 0 fully saturated rings. The van der Waals surface area contributed by atoms with Crippen LogP contribution >= 0.6 is 0 Å².